The molecule has 5 heteroatoms. The monoisotopic (exact) mass is 318 g/mol. The van der Waals surface area contributed by atoms with Gasteiger partial charge in [0.25, 0.3) is 0 Å². The second kappa shape index (κ2) is 6.99. The van der Waals surface area contributed by atoms with E-state index in [-0.39, 0.29) is 11.9 Å². The highest BCUT2D eigenvalue weighted by Gasteiger charge is 2.20. The van der Waals surface area contributed by atoms with Crippen LogP contribution in [0.2, 0.25) is 5.02 Å². The SMILES string of the molecule is O=C1NCCCCC1NCc1ccc(-c2ccccc2Cl)o1. The highest BCUT2D eigenvalue weighted by Crippen LogP contribution is 2.29. The zero-order chi connectivity index (χ0) is 15.4. The molecule has 116 valence electrons. The van der Waals surface area contributed by atoms with Crippen molar-refractivity contribution in [3.8, 4) is 11.3 Å². The Balaban J connectivity index is 1.65. The largest absolute Gasteiger partial charge is 0.460 e. The summed E-state index contributed by atoms with van der Waals surface area (Å²) < 4.78 is 5.83. The molecule has 2 heterocycles. The summed E-state index contributed by atoms with van der Waals surface area (Å²) in [6.45, 7) is 1.30. The first kappa shape index (κ1) is 15.1. The van der Waals surface area contributed by atoms with Gasteiger partial charge in [-0.15, -0.1) is 0 Å². The van der Waals surface area contributed by atoms with E-state index in [1.165, 1.54) is 0 Å². The lowest BCUT2D eigenvalue weighted by atomic mass is 10.1. The lowest BCUT2D eigenvalue weighted by Gasteiger charge is -2.13. The first-order chi connectivity index (χ1) is 10.7. The summed E-state index contributed by atoms with van der Waals surface area (Å²) in [6, 6.07) is 11.3. The van der Waals surface area contributed by atoms with Gasteiger partial charge >= 0.3 is 0 Å². The van der Waals surface area contributed by atoms with Crippen molar-refractivity contribution in [2.24, 2.45) is 0 Å². The number of halogens is 1. The second-order valence-electron chi connectivity index (χ2n) is 5.47. The Hall–Kier alpha value is -1.78. The van der Waals surface area contributed by atoms with Crippen molar-refractivity contribution < 1.29 is 9.21 Å². The molecule has 1 aromatic carbocycles. The average Bonchev–Trinajstić information content (AvgIpc) is 2.89. The third-order valence-electron chi connectivity index (χ3n) is 3.86. The second-order valence-corrected chi connectivity index (χ2v) is 5.87. The van der Waals surface area contributed by atoms with Crippen molar-refractivity contribution in [1.82, 2.24) is 10.6 Å². The minimum Gasteiger partial charge on any atom is -0.460 e. The van der Waals surface area contributed by atoms with E-state index < -0.39 is 0 Å². The molecule has 0 aliphatic carbocycles. The molecule has 1 aromatic heterocycles. The number of hydrogen-bond donors (Lipinski definition) is 2. The molecule has 4 nitrogen and oxygen atoms in total. The third kappa shape index (κ3) is 3.51. The fourth-order valence-electron chi connectivity index (χ4n) is 2.64. The molecule has 1 aliphatic heterocycles. The number of nitrogens with one attached hydrogen (secondary N) is 2. The Kier molecular flexibility index (Phi) is 4.80. The van der Waals surface area contributed by atoms with E-state index in [4.69, 9.17) is 16.0 Å². The summed E-state index contributed by atoms with van der Waals surface area (Å²) in [7, 11) is 0. The van der Waals surface area contributed by atoms with Gasteiger partial charge in [-0.25, -0.2) is 0 Å². The number of carbonyl (C=O) groups is 1. The normalized spacial score (nSPS) is 18.8. The molecule has 22 heavy (non-hydrogen) atoms. The van der Waals surface area contributed by atoms with Crippen LogP contribution >= 0.6 is 11.6 Å². The number of benzene rings is 1. The lowest BCUT2D eigenvalue weighted by molar-refractivity contribution is -0.122. The van der Waals surface area contributed by atoms with Crippen LogP contribution in [0.25, 0.3) is 11.3 Å². The molecule has 1 atom stereocenters. The summed E-state index contributed by atoms with van der Waals surface area (Å²) in [5, 5.41) is 6.85. The summed E-state index contributed by atoms with van der Waals surface area (Å²) in [4.78, 5) is 11.9. The highest BCUT2D eigenvalue weighted by atomic mass is 35.5. The summed E-state index contributed by atoms with van der Waals surface area (Å²) in [5.41, 5.74) is 0.877. The van der Waals surface area contributed by atoms with Crippen LogP contribution in [0.4, 0.5) is 0 Å². The Morgan fingerprint density at radius 2 is 2.09 bits per heavy atom. The molecule has 1 amide bonds. The van der Waals surface area contributed by atoms with Crippen molar-refractivity contribution in [3.63, 3.8) is 0 Å². The van der Waals surface area contributed by atoms with Crippen LogP contribution in [-0.2, 0) is 11.3 Å². The van der Waals surface area contributed by atoms with Crippen LogP contribution in [0.1, 0.15) is 25.0 Å². The molecule has 0 bridgehead atoms. The highest BCUT2D eigenvalue weighted by molar-refractivity contribution is 6.33. The Morgan fingerprint density at radius 3 is 2.95 bits per heavy atom. The number of rotatable bonds is 4. The van der Waals surface area contributed by atoms with E-state index in [2.05, 4.69) is 10.6 Å². The molecule has 1 fully saturated rings. The van der Waals surface area contributed by atoms with E-state index in [0.29, 0.717) is 11.6 Å². The molecular weight excluding hydrogens is 300 g/mol. The Bertz CT molecular complexity index is 654. The Labute approximate surface area is 134 Å². The molecule has 0 radical (unpaired) electrons. The minimum atomic E-state index is -0.142. The van der Waals surface area contributed by atoms with Gasteiger partial charge in [0, 0.05) is 12.1 Å². The predicted molar refractivity (Wildman–Crippen MR) is 86.6 cm³/mol. The number of hydrogen-bond acceptors (Lipinski definition) is 3. The van der Waals surface area contributed by atoms with Crippen molar-refractivity contribution in [1.29, 1.82) is 0 Å². The van der Waals surface area contributed by atoms with Gasteiger partial charge in [-0.2, -0.15) is 0 Å². The summed E-state index contributed by atoms with van der Waals surface area (Å²) >= 11 is 6.18. The first-order valence-electron chi connectivity index (χ1n) is 7.59. The van der Waals surface area contributed by atoms with Gasteiger partial charge in [0.1, 0.15) is 11.5 Å². The van der Waals surface area contributed by atoms with Crippen molar-refractivity contribution in [2.75, 3.05) is 6.54 Å². The maximum Gasteiger partial charge on any atom is 0.237 e. The zero-order valence-corrected chi connectivity index (χ0v) is 13.0. The fraction of sp³-hybridized carbons (Fsp3) is 0.353. The molecule has 1 aliphatic rings. The maximum absolute atomic E-state index is 11.9. The van der Waals surface area contributed by atoms with Gasteiger partial charge in [-0.1, -0.05) is 23.7 Å². The van der Waals surface area contributed by atoms with Crippen LogP contribution < -0.4 is 10.6 Å². The molecule has 2 aromatic rings. The minimum absolute atomic E-state index is 0.0791. The smallest absolute Gasteiger partial charge is 0.237 e. The van der Waals surface area contributed by atoms with Crippen LogP contribution in [0.15, 0.2) is 40.8 Å². The van der Waals surface area contributed by atoms with E-state index in [0.717, 1.165) is 42.9 Å². The predicted octanol–water partition coefficient (Wildman–Crippen LogP) is 3.36. The van der Waals surface area contributed by atoms with E-state index in [1.54, 1.807) is 0 Å². The standard InChI is InChI=1S/C17H19ClN2O2/c18-14-6-2-1-5-13(14)16-9-8-12(22-16)11-20-15-7-3-4-10-19-17(15)21/h1-2,5-6,8-9,15,20H,3-4,7,10-11H2,(H,19,21). The number of carbonyl (C=O) groups excluding carboxylic acids is 1. The van der Waals surface area contributed by atoms with Gasteiger partial charge in [0.2, 0.25) is 5.91 Å². The van der Waals surface area contributed by atoms with Crippen LogP contribution in [-0.4, -0.2) is 18.5 Å². The summed E-state index contributed by atoms with van der Waals surface area (Å²) in [5.74, 6) is 1.62. The van der Waals surface area contributed by atoms with Crippen molar-refractivity contribution >= 4 is 17.5 Å². The fourth-order valence-corrected chi connectivity index (χ4v) is 2.87. The number of furan rings is 1. The first-order valence-corrected chi connectivity index (χ1v) is 7.96. The molecule has 1 unspecified atom stereocenters. The quantitative estimate of drug-likeness (QED) is 0.909. The van der Waals surface area contributed by atoms with E-state index in [1.807, 2.05) is 36.4 Å². The summed E-state index contributed by atoms with van der Waals surface area (Å²) in [6.07, 6.45) is 2.96. The van der Waals surface area contributed by atoms with Gasteiger partial charge < -0.3 is 9.73 Å². The molecule has 0 spiro atoms. The molecule has 1 saturated heterocycles. The topological polar surface area (TPSA) is 54.3 Å². The van der Waals surface area contributed by atoms with Crippen LogP contribution in [0.3, 0.4) is 0 Å². The van der Waals surface area contributed by atoms with Crippen LogP contribution in [0.5, 0.6) is 0 Å². The van der Waals surface area contributed by atoms with Gasteiger partial charge in [0.15, 0.2) is 0 Å². The van der Waals surface area contributed by atoms with Crippen LogP contribution in [0, 0.1) is 0 Å². The van der Waals surface area contributed by atoms with E-state index >= 15 is 0 Å². The molecule has 3 rings (SSSR count). The molecule has 0 saturated carbocycles. The van der Waals surface area contributed by atoms with Gasteiger partial charge in [-0.3, -0.25) is 10.1 Å². The zero-order valence-electron chi connectivity index (χ0n) is 12.3. The average molecular weight is 319 g/mol. The number of amides is 1. The molecular formula is C17H19ClN2O2. The van der Waals surface area contributed by atoms with Gasteiger partial charge in [-0.05, 0) is 43.5 Å². The van der Waals surface area contributed by atoms with Gasteiger partial charge in [0.05, 0.1) is 17.6 Å². The van der Waals surface area contributed by atoms with Crippen molar-refractivity contribution in [2.45, 2.75) is 31.8 Å². The third-order valence-corrected chi connectivity index (χ3v) is 4.19. The molecule has 2 N–H and O–H groups in total. The van der Waals surface area contributed by atoms with E-state index in [9.17, 15) is 4.79 Å². The maximum atomic E-state index is 11.9. The van der Waals surface area contributed by atoms with Crippen molar-refractivity contribution in [3.05, 3.63) is 47.2 Å². The lowest BCUT2D eigenvalue weighted by Crippen LogP contribution is -2.42. The Morgan fingerprint density at radius 1 is 1.23 bits per heavy atom.